The molecule has 2 rings (SSSR count). The molecule has 1 amide bonds. The molecule has 0 saturated carbocycles. The Balaban J connectivity index is 2.05. The number of rotatable bonds is 3. The second-order valence-electron chi connectivity index (χ2n) is 6.17. The predicted octanol–water partition coefficient (Wildman–Crippen LogP) is 3.59. The van der Waals surface area contributed by atoms with Crippen LogP contribution < -0.4 is 5.73 Å². The minimum absolute atomic E-state index is 0.0179. The van der Waals surface area contributed by atoms with Gasteiger partial charge in [0, 0.05) is 36.7 Å². The second-order valence-corrected chi connectivity index (χ2v) is 6.98. The lowest BCUT2D eigenvalue weighted by atomic mass is 9.85. The van der Waals surface area contributed by atoms with Crippen LogP contribution in [0.4, 0.5) is 0 Å². The van der Waals surface area contributed by atoms with Crippen molar-refractivity contribution in [3.05, 3.63) is 27.7 Å². The van der Waals surface area contributed by atoms with Gasteiger partial charge in [0.05, 0.1) is 10.0 Å². The van der Waals surface area contributed by atoms with Crippen molar-refractivity contribution in [2.24, 2.45) is 17.6 Å². The molecule has 1 aliphatic rings. The van der Waals surface area contributed by atoms with Crippen LogP contribution in [0.5, 0.6) is 5.75 Å². The molecular weight excluding hydrogens is 323 g/mol. The lowest BCUT2D eigenvalue weighted by molar-refractivity contribution is -0.135. The molecule has 0 aliphatic carbocycles. The third-order valence-corrected chi connectivity index (χ3v) is 5.00. The normalized spacial score (nSPS) is 17.8. The molecule has 1 unspecified atom stereocenters. The first-order valence-electron chi connectivity index (χ1n) is 7.53. The molecule has 1 aromatic rings. The fourth-order valence-electron chi connectivity index (χ4n) is 2.92. The smallest absolute Gasteiger partial charge is 0.225 e. The maximum absolute atomic E-state index is 12.0. The number of benzene rings is 1. The van der Waals surface area contributed by atoms with Gasteiger partial charge in [-0.05, 0) is 24.8 Å². The van der Waals surface area contributed by atoms with E-state index < -0.39 is 0 Å². The molecule has 3 N–H and O–H groups in total. The third-order valence-electron chi connectivity index (χ3n) is 4.28. The van der Waals surface area contributed by atoms with Crippen LogP contribution in [0.1, 0.15) is 38.3 Å². The summed E-state index contributed by atoms with van der Waals surface area (Å²) in [5, 5.41) is 10.7. The average Bonchev–Trinajstić information content (AvgIpc) is 2.49. The molecule has 1 heterocycles. The second kappa shape index (κ2) is 7.07. The van der Waals surface area contributed by atoms with Gasteiger partial charge in [0.1, 0.15) is 5.75 Å². The van der Waals surface area contributed by atoms with E-state index in [1.54, 1.807) is 6.07 Å². The average molecular weight is 345 g/mol. The van der Waals surface area contributed by atoms with Crippen LogP contribution in [0.15, 0.2) is 12.1 Å². The standard InChI is InChI=1S/C16H22Cl2N2O2/c1-9(2)16(22)20-5-3-10(4-6-20)15(19)11-7-12(17)13(18)8-14(11)21/h7-10,15,21H,3-6,19H2,1-2H3. The van der Waals surface area contributed by atoms with Gasteiger partial charge in [0.25, 0.3) is 0 Å². The Morgan fingerprint density at radius 2 is 1.82 bits per heavy atom. The summed E-state index contributed by atoms with van der Waals surface area (Å²) >= 11 is 11.9. The SMILES string of the molecule is CC(C)C(=O)N1CCC(C(N)c2cc(Cl)c(Cl)cc2O)CC1. The van der Waals surface area contributed by atoms with E-state index in [2.05, 4.69) is 0 Å². The summed E-state index contributed by atoms with van der Waals surface area (Å²) in [6, 6.07) is 2.75. The van der Waals surface area contributed by atoms with E-state index in [9.17, 15) is 9.90 Å². The van der Waals surface area contributed by atoms with Crippen LogP contribution in [0.25, 0.3) is 0 Å². The number of halogens is 2. The molecular formula is C16H22Cl2N2O2. The number of nitrogens with zero attached hydrogens (tertiary/aromatic N) is 1. The molecule has 0 aromatic heterocycles. The molecule has 0 radical (unpaired) electrons. The zero-order valence-electron chi connectivity index (χ0n) is 12.9. The molecule has 122 valence electrons. The van der Waals surface area contributed by atoms with Crippen LogP contribution in [0.2, 0.25) is 10.0 Å². The molecule has 1 atom stereocenters. The summed E-state index contributed by atoms with van der Waals surface area (Å²) < 4.78 is 0. The molecule has 0 bridgehead atoms. The number of hydrogen-bond acceptors (Lipinski definition) is 3. The van der Waals surface area contributed by atoms with Gasteiger partial charge in [0.2, 0.25) is 5.91 Å². The number of phenolic OH excluding ortho intramolecular Hbond substituents is 1. The van der Waals surface area contributed by atoms with Crippen LogP contribution in [-0.4, -0.2) is 29.0 Å². The van der Waals surface area contributed by atoms with E-state index in [-0.39, 0.29) is 29.5 Å². The first-order valence-corrected chi connectivity index (χ1v) is 8.29. The monoisotopic (exact) mass is 344 g/mol. The zero-order valence-corrected chi connectivity index (χ0v) is 14.4. The van der Waals surface area contributed by atoms with E-state index in [0.717, 1.165) is 12.8 Å². The van der Waals surface area contributed by atoms with Crippen LogP contribution in [0, 0.1) is 11.8 Å². The Hall–Kier alpha value is -0.970. The summed E-state index contributed by atoms with van der Waals surface area (Å²) in [7, 11) is 0. The lowest BCUT2D eigenvalue weighted by Gasteiger charge is -2.36. The number of hydrogen-bond donors (Lipinski definition) is 2. The summed E-state index contributed by atoms with van der Waals surface area (Å²) in [5.41, 5.74) is 6.92. The fraction of sp³-hybridized carbons (Fsp3) is 0.562. The molecule has 1 fully saturated rings. The molecule has 6 heteroatoms. The molecule has 1 aliphatic heterocycles. The first-order chi connectivity index (χ1) is 10.3. The lowest BCUT2D eigenvalue weighted by Crippen LogP contribution is -2.42. The van der Waals surface area contributed by atoms with Crippen molar-refractivity contribution < 1.29 is 9.90 Å². The van der Waals surface area contributed by atoms with Crippen molar-refractivity contribution in [1.82, 2.24) is 4.90 Å². The van der Waals surface area contributed by atoms with Crippen molar-refractivity contribution in [2.45, 2.75) is 32.7 Å². The summed E-state index contributed by atoms with van der Waals surface area (Å²) in [6.07, 6.45) is 1.64. The number of likely N-dealkylation sites (tertiary alicyclic amines) is 1. The summed E-state index contributed by atoms with van der Waals surface area (Å²) in [6.45, 7) is 5.23. The topological polar surface area (TPSA) is 66.6 Å². The highest BCUT2D eigenvalue weighted by Gasteiger charge is 2.29. The van der Waals surface area contributed by atoms with Gasteiger partial charge >= 0.3 is 0 Å². The van der Waals surface area contributed by atoms with E-state index in [4.69, 9.17) is 28.9 Å². The molecule has 22 heavy (non-hydrogen) atoms. The Kier molecular flexibility index (Phi) is 5.59. The largest absolute Gasteiger partial charge is 0.508 e. The van der Waals surface area contributed by atoms with Crippen molar-refractivity contribution in [1.29, 1.82) is 0 Å². The highest BCUT2D eigenvalue weighted by Crippen LogP contribution is 2.37. The number of nitrogens with two attached hydrogens (primary N) is 1. The first kappa shape index (κ1) is 17.4. The van der Waals surface area contributed by atoms with E-state index in [1.165, 1.54) is 6.07 Å². The number of piperidine rings is 1. The van der Waals surface area contributed by atoms with Crippen LogP contribution in [-0.2, 0) is 4.79 Å². The Morgan fingerprint density at radius 1 is 1.27 bits per heavy atom. The maximum Gasteiger partial charge on any atom is 0.225 e. The molecule has 0 spiro atoms. The van der Waals surface area contributed by atoms with Crippen LogP contribution in [0.3, 0.4) is 0 Å². The number of aromatic hydroxyl groups is 1. The van der Waals surface area contributed by atoms with E-state index in [0.29, 0.717) is 28.7 Å². The highest BCUT2D eigenvalue weighted by atomic mass is 35.5. The van der Waals surface area contributed by atoms with Gasteiger partial charge in [-0.3, -0.25) is 4.79 Å². The predicted molar refractivity (Wildman–Crippen MR) is 89.2 cm³/mol. The van der Waals surface area contributed by atoms with Crippen LogP contribution >= 0.6 is 23.2 Å². The minimum Gasteiger partial charge on any atom is -0.508 e. The number of phenols is 1. The van der Waals surface area contributed by atoms with E-state index in [1.807, 2.05) is 18.7 Å². The van der Waals surface area contributed by atoms with E-state index >= 15 is 0 Å². The highest BCUT2D eigenvalue weighted by molar-refractivity contribution is 6.42. The quantitative estimate of drug-likeness (QED) is 0.880. The fourth-order valence-corrected chi connectivity index (χ4v) is 3.25. The van der Waals surface area contributed by atoms with Gasteiger partial charge in [-0.1, -0.05) is 37.0 Å². The Bertz CT molecular complexity index is 555. The zero-order chi connectivity index (χ0) is 16.4. The minimum atomic E-state index is -0.314. The Labute approximate surface area is 141 Å². The van der Waals surface area contributed by atoms with Gasteiger partial charge < -0.3 is 15.7 Å². The molecule has 1 aromatic carbocycles. The number of amides is 1. The summed E-state index contributed by atoms with van der Waals surface area (Å²) in [4.78, 5) is 13.9. The number of carbonyl (C=O) groups is 1. The van der Waals surface area contributed by atoms with Crippen molar-refractivity contribution >= 4 is 29.1 Å². The van der Waals surface area contributed by atoms with Gasteiger partial charge in [-0.2, -0.15) is 0 Å². The molecule has 4 nitrogen and oxygen atoms in total. The summed E-state index contributed by atoms with van der Waals surface area (Å²) in [5.74, 6) is 0.482. The maximum atomic E-state index is 12.0. The van der Waals surface area contributed by atoms with Gasteiger partial charge in [-0.25, -0.2) is 0 Å². The van der Waals surface area contributed by atoms with Crippen molar-refractivity contribution in [3.63, 3.8) is 0 Å². The van der Waals surface area contributed by atoms with Crippen molar-refractivity contribution in [3.8, 4) is 5.75 Å². The third kappa shape index (κ3) is 3.67. The van der Waals surface area contributed by atoms with Gasteiger partial charge in [0.15, 0.2) is 0 Å². The van der Waals surface area contributed by atoms with Crippen molar-refractivity contribution in [2.75, 3.05) is 13.1 Å². The number of carbonyl (C=O) groups excluding carboxylic acids is 1. The molecule has 1 saturated heterocycles. The van der Waals surface area contributed by atoms with Gasteiger partial charge in [-0.15, -0.1) is 0 Å². The Morgan fingerprint density at radius 3 is 2.36 bits per heavy atom.